The highest BCUT2D eigenvalue weighted by Crippen LogP contribution is 2.38. The number of benzene rings is 1. The maximum Gasteiger partial charge on any atom is 0.214 e. The number of aryl methyl sites for hydroxylation is 1. The number of anilines is 2. The Balaban J connectivity index is 1.59. The SMILES string of the molecule is Cc1nc(-c2ccccc2)c(Oc2ccnc(Nc3ccnc(F)c3)c2)s1. The molecular formula is C20H15FN4OS. The highest BCUT2D eigenvalue weighted by molar-refractivity contribution is 7.13. The fourth-order valence-corrected chi connectivity index (χ4v) is 3.34. The van der Waals surface area contributed by atoms with E-state index in [-0.39, 0.29) is 0 Å². The molecule has 134 valence electrons. The van der Waals surface area contributed by atoms with Crippen LogP contribution in [0, 0.1) is 12.9 Å². The van der Waals surface area contributed by atoms with Crippen molar-refractivity contribution in [2.24, 2.45) is 0 Å². The van der Waals surface area contributed by atoms with Gasteiger partial charge in [0.25, 0.3) is 0 Å². The molecule has 27 heavy (non-hydrogen) atoms. The topological polar surface area (TPSA) is 59.9 Å². The smallest absolute Gasteiger partial charge is 0.214 e. The van der Waals surface area contributed by atoms with Gasteiger partial charge in [-0.25, -0.2) is 15.0 Å². The molecule has 0 aliphatic heterocycles. The normalized spacial score (nSPS) is 10.6. The number of rotatable bonds is 5. The Labute approximate surface area is 159 Å². The van der Waals surface area contributed by atoms with Crippen LogP contribution < -0.4 is 10.1 Å². The van der Waals surface area contributed by atoms with Crippen LogP contribution in [0.1, 0.15) is 5.01 Å². The predicted molar refractivity (Wildman–Crippen MR) is 104 cm³/mol. The lowest BCUT2D eigenvalue weighted by atomic mass is 10.2. The molecule has 7 heteroatoms. The highest BCUT2D eigenvalue weighted by atomic mass is 32.1. The summed E-state index contributed by atoms with van der Waals surface area (Å²) in [4.78, 5) is 12.4. The second kappa shape index (κ2) is 7.51. The molecular weight excluding hydrogens is 363 g/mol. The van der Waals surface area contributed by atoms with Crippen LogP contribution in [0.4, 0.5) is 15.9 Å². The first kappa shape index (κ1) is 17.1. The van der Waals surface area contributed by atoms with E-state index in [4.69, 9.17) is 4.74 Å². The van der Waals surface area contributed by atoms with Crippen LogP contribution in [0.15, 0.2) is 67.0 Å². The van der Waals surface area contributed by atoms with Gasteiger partial charge in [0, 0.05) is 35.8 Å². The van der Waals surface area contributed by atoms with Crippen molar-refractivity contribution in [2.45, 2.75) is 6.92 Å². The molecule has 0 fully saturated rings. The third-order valence-corrected chi connectivity index (χ3v) is 4.54. The summed E-state index contributed by atoms with van der Waals surface area (Å²) in [5.41, 5.74) is 2.36. The van der Waals surface area contributed by atoms with Gasteiger partial charge in [-0.3, -0.25) is 0 Å². The molecule has 4 rings (SSSR count). The van der Waals surface area contributed by atoms with E-state index in [1.165, 1.54) is 23.6 Å². The fraction of sp³-hybridized carbons (Fsp3) is 0.0500. The maximum absolute atomic E-state index is 13.2. The summed E-state index contributed by atoms with van der Waals surface area (Å²) in [7, 11) is 0. The zero-order valence-corrected chi connectivity index (χ0v) is 15.2. The molecule has 3 heterocycles. The summed E-state index contributed by atoms with van der Waals surface area (Å²) >= 11 is 1.48. The first-order chi connectivity index (χ1) is 13.2. The van der Waals surface area contributed by atoms with Gasteiger partial charge >= 0.3 is 0 Å². The van der Waals surface area contributed by atoms with E-state index in [1.807, 2.05) is 37.3 Å². The zero-order valence-electron chi connectivity index (χ0n) is 14.4. The van der Waals surface area contributed by atoms with E-state index >= 15 is 0 Å². The van der Waals surface area contributed by atoms with Crippen LogP contribution in [0.5, 0.6) is 10.8 Å². The number of pyridine rings is 2. The van der Waals surface area contributed by atoms with Gasteiger partial charge < -0.3 is 10.1 Å². The minimum atomic E-state index is -0.556. The van der Waals surface area contributed by atoms with Gasteiger partial charge in [-0.05, 0) is 19.1 Å². The molecule has 0 saturated carbocycles. The van der Waals surface area contributed by atoms with Gasteiger partial charge in [-0.2, -0.15) is 4.39 Å². The third-order valence-electron chi connectivity index (χ3n) is 3.69. The largest absolute Gasteiger partial charge is 0.444 e. The highest BCUT2D eigenvalue weighted by Gasteiger charge is 2.14. The van der Waals surface area contributed by atoms with Gasteiger partial charge in [-0.1, -0.05) is 41.7 Å². The molecule has 0 aliphatic rings. The Morgan fingerprint density at radius 3 is 2.63 bits per heavy atom. The minimum Gasteiger partial charge on any atom is -0.444 e. The van der Waals surface area contributed by atoms with Crippen LogP contribution >= 0.6 is 11.3 Å². The number of nitrogens with one attached hydrogen (secondary N) is 1. The molecule has 0 spiro atoms. The summed E-state index contributed by atoms with van der Waals surface area (Å²) in [6, 6.07) is 16.4. The minimum absolute atomic E-state index is 0.542. The Hall–Kier alpha value is -3.32. The first-order valence-corrected chi connectivity index (χ1v) is 9.04. The van der Waals surface area contributed by atoms with Crippen molar-refractivity contribution >= 4 is 22.8 Å². The van der Waals surface area contributed by atoms with Crippen molar-refractivity contribution in [1.29, 1.82) is 0 Å². The van der Waals surface area contributed by atoms with Crippen molar-refractivity contribution in [2.75, 3.05) is 5.32 Å². The Bertz CT molecular complexity index is 1070. The molecule has 0 aliphatic carbocycles. The van der Waals surface area contributed by atoms with Crippen molar-refractivity contribution in [3.8, 4) is 22.1 Å². The van der Waals surface area contributed by atoms with E-state index in [2.05, 4.69) is 20.3 Å². The molecule has 1 N–H and O–H groups in total. The summed E-state index contributed by atoms with van der Waals surface area (Å²) in [6.07, 6.45) is 3.02. The van der Waals surface area contributed by atoms with E-state index in [0.29, 0.717) is 22.3 Å². The quantitative estimate of drug-likeness (QED) is 0.459. The Morgan fingerprint density at radius 2 is 1.81 bits per heavy atom. The molecule has 0 unspecified atom stereocenters. The monoisotopic (exact) mass is 378 g/mol. The molecule has 4 aromatic rings. The van der Waals surface area contributed by atoms with Crippen LogP contribution in [0.25, 0.3) is 11.3 Å². The fourth-order valence-electron chi connectivity index (χ4n) is 2.53. The van der Waals surface area contributed by atoms with Crippen LogP contribution in [-0.4, -0.2) is 15.0 Å². The standard InChI is InChI=1S/C20H15FN4OS/c1-13-24-19(14-5-3-2-4-6-14)20(27-13)26-16-8-10-23-18(12-16)25-15-7-9-22-17(21)11-15/h2-12H,1H3,(H,22,23,25). The molecule has 0 atom stereocenters. The van der Waals surface area contributed by atoms with Crippen LogP contribution in [0.3, 0.4) is 0 Å². The Morgan fingerprint density at radius 1 is 1.00 bits per heavy atom. The van der Waals surface area contributed by atoms with Gasteiger partial charge in [0.2, 0.25) is 11.0 Å². The summed E-state index contributed by atoms with van der Waals surface area (Å²) < 4.78 is 19.3. The van der Waals surface area contributed by atoms with E-state index in [1.54, 1.807) is 24.4 Å². The molecule has 5 nitrogen and oxygen atoms in total. The third kappa shape index (κ3) is 4.09. The lowest BCUT2D eigenvalue weighted by molar-refractivity contribution is 0.496. The van der Waals surface area contributed by atoms with E-state index in [9.17, 15) is 4.39 Å². The zero-order chi connectivity index (χ0) is 18.6. The van der Waals surface area contributed by atoms with Crippen molar-refractivity contribution in [3.63, 3.8) is 0 Å². The molecule has 3 aromatic heterocycles. The summed E-state index contributed by atoms with van der Waals surface area (Å²) in [5.74, 6) is 0.600. The number of aromatic nitrogens is 3. The lowest BCUT2D eigenvalue weighted by Crippen LogP contribution is -1.95. The van der Waals surface area contributed by atoms with Gasteiger partial charge in [0.05, 0.1) is 5.01 Å². The number of ether oxygens (including phenoxy) is 1. The molecule has 0 radical (unpaired) electrons. The number of hydrogen-bond acceptors (Lipinski definition) is 6. The number of halogens is 1. The van der Waals surface area contributed by atoms with Crippen LogP contribution in [0.2, 0.25) is 0 Å². The van der Waals surface area contributed by atoms with Crippen molar-refractivity contribution in [1.82, 2.24) is 15.0 Å². The van der Waals surface area contributed by atoms with E-state index < -0.39 is 5.95 Å². The number of nitrogens with zero attached hydrogens (tertiary/aromatic N) is 3. The lowest BCUT2D eigenvalue weighted by Gasteiger charge is -2.09. The maximum atomic E-state index is 13.2. The number of thiazole rings is 1. The molecule has 0 amide bonds. The van der Waals surface area contributed by atoms with Crippen molar-refractivity contribution < 1.29 is 9.13 Å². The second-order valence-electron chi connectivity index (χ2n) is 5.71. The average Bonchev–Trinajstić information content (AvgIpc) is 3.03. The molecule has 1 aromatic carbocycles. The molecule has 0 saturated heterocycles. The Kier molecular flexibility index (Phi) is 4.76. The van der Waals surface area contributed by atoms with E-state index in [0.717, 1.165) is 16.3 Å². The predicted octanol–water partition coefficient (Wildman–Crippen LogP) is 5.58. The van der Waals surface area contributed by atoms with Crippen molar-refractivity contribution in [3.05, 3.63) is 77.9 Å². The summed E-state index contributed by atoms with van der Waals surface area (Å²) in [6.45, 7) is 1.95. The second-order valence-corrected chi connectivity index (χ2v) is 6.87. The first-order valence-electron chi connectivity index (χ1n) is 8.23. The summed E-state index contributed by atoms with van der Waals surface area (Å²) in [5, 5.41) is 4.67. The average molecular weight is 378 g/mol. The van der Waals surface area contributed by atoms with Gasteiger partial charge in [0.15, 0.2) is 0 Å². The molecule has 0 bridgehead atoms. The van der Waals surface area contributed by atoms with Gasteiger partial charge in [0.1, 0.15) is 17.3 Å². The van der Waals surface area contributed by atoms with Crippen LogP contribution in [-0.2, 0) is 0 Å². The number of hydrogen-bond donors (Lipinski definition) is 1. The van der Waals surface area contributed by atoms with Gasteiger partial charge in [-0.15, -0.1) is 0 Å².